The van der Waals surface area contributed by atoms with E-state index in [-0.39, 0.29) is 0 Å². The van der Waals surface area contributed by atoms with E-state index in [0.717, 1.165) is 4.90 Å². The van der Waals surface area contributed by atoms with Crippen molar-refractivity contribution in [3.63, 3.8) is 0 Å². The second-order valence-electron chi connectivity index (χ2n) is 1.74. The standard InChI is InChI=1S/C8H9IS/c9-6-7-10-8-4-2-1-3-5-8/h1-5H,6-7H2/i6D2. The molecule has 0 radical (unpaired) electrons. The molecule has 0 aliphatic rings. The monoisotopic (exact) mass is 266 g/mol. The number of hydrogen-bond acceptors (Lipinski definition) is 1. The van der Waals surface area contributed by atoms with Crippen LogP contribution in [-0.2, 0) is 0 Å². The summed E-state index contributed by atoms with van der Waals surface area (Å²) in [7, 11) is 0. The average molecular weight is 266 g/mol. The van der Waals surface area contributed by atoms with Gasteiger partial charge < -0.3 is 0 Å². The van der Waals surface area contributed by atoms with Crippen molar-refractivity contribution in [2.24, 2.45) is 0 Å². The summed E-state index contributed by atoms with van der Waals surface area (Å²) in [5, 5.41) is 0. The summed E-state index contributed by atoms with van der Waals surface area (Å²) in [6, 6.07) is 9.87. The quantitative estimate of drug-likeness (QED) is 0.460. The largest absolute Gasteiger partial charge is 0.125 e. The molecule has 0 spiro atoms. The summed E-state index contributed by atoms with van der Waals surface area (Å²) in [6.07, 6.45) is 0. The topological polar surface area (TPSA) is 0 Å². The first-order valence-electron chi connectivity index (χ1n) is 3.95. The zero-order valence-electron chi connectivity index (χ0n) is 7.38. The van der Waals surface area contributed by atoms with Gasteiger partial charge in [-0.1, -0.05) is 40.8 Å². The van der Waals surface area contributed by atoms with Crippen molar-refractivity contribution in [1.29, 1.82) is 0 Å². The Balaban J connectivity index is 2.44. The van der Waals surface area contributed by atoms with E-state index in [4.69, 9.17) is 2.74 Å². The molecule has 0 aliphatic carbocycles. The van der Waals surface area contributed by atoms with E-state index in [1.54, 1.807) is 11.8 Å². The first-order chi connectivity index (χ1) is 5.58. The zero-order chi connectivity index (χ0) is 9.03. The van der Waals surface area contributed by atoms with Crippen molar-refractivity contribution < 1.29 is 2.74 Å². The predicted octanol–water partition coefficient (Wildman–Crippen LogP) is 3.21. The lowest BCUT2D eigenvalue weighted by Crippen LogP contribution is -1.76. The molecule has 2 heteroatoms. The minimum atomic E-state index is -1.11. The summed E-state index contributed by atoms with van der Waals surface area (Å²) < 4.78 is 13.5. The Morgan fingerprint density at radius 1 is 1.40 bits per heavy atom. The summed E-state index contributed by atoms with van der Waals surface area (Å²) in [4.78, 5) is 1.12. The molecule has 10 heavy (non-hydrogen) atoms. The number of thioether (sulfide) groups is 1. The lowest BCUT2D eigenvalue weighted by Gasteiger charge is -1.95. The van der Waals surface area contributed by atoms with Crippen molar-refractivity contribution in [3.8, 4) is 0 Å². The minimum Gasteiger partial charge on any atom is -0.125 e. The molecule has 54 valence electrons. The number of hydrogen-bond donors (Lipinski definition) is 0. The zero-order valence-corrected chi connectivity index (χ0v) is 8.35. The molecule has 0 nitrogen and oxygen atoms in total. The van der Waals surface area contributed by atoms with E-state index >= 15 is 0 Å². The smallest absolute Gasteiger partial charge is 0.0386 e. The van der Waals surface area contributed by atoms with Crippen LogP contribution in [0.2, 0.25) is 0 Å². The lowest BCUT2D eigenvalue weighted by molar-refractivity contribution is 1.45. The van der Waals surface area contributed by atoms with Gasteiger partial charge in [0.05, 0.1) is 0 Å². The summed E-state index contributed by atoms with van der Waals surface area (Å²) in [5.74, 6) is 0.498. The molecule has 0 fully saturated rings. The second kappa shape index (κ2) is 5.02. The van der Waals surface area contributed by atoms with Crippen LogP contribution in [-0.4, -0.2) is 10.1 Å². The highest BCUT2D eigenvalue weighted by molar-refractivity contribution is 14.1. The van der Waals surface area contributed by atoms with Gasteiger partial charge in [0.1, 0.15) is 0 Å². The van der Waals surface area contributed by atoms with E-state index < -0.39 is 4.38 Å². The molecular formula is C8H9IS. The van der Waals surface area contributed by atoms with Gasteiger partial charge in [-0.25, -0.2) is 0 Å². The Morgan fingerprint density at radius 2 is 2.10 bits per heavy atom. The van der Waals surface area contributed by atoms with Gasteiger partial charge in [-0.15, -0.1) is 11.8 Å². The minimum absolute atomic E-state index is 0.498. The molecule has 0 unspecified atom stereocenters. The molecule has 0 aromatic heterocycles. The van der Waals surface area contributed by atoms with Crippen LogP contribution in [0.1, 0.15) is 2.74 Å². The molecule has 1 rings (SSSR count). The molecule has 0 amide bonds. The lowest BCUT2D eigenvalue weighted by atomic mass is 10.4. The highest BCUT2D eigenvalue weighted by atomic mass is 127. The van der Waals surface area contributed by atoms with Gasteiger partial charge >= 0.3 is 0 Å². The Kier molecular flexibility index (Phi) is 2.95. The van der Waals surface area contributed by atoms with Crippen LogP contribution in [0, 0.1) is 0 Å². The molecule has 1 aromatic rings. The normalized spacial score (nSPS) is 14.1. The first kappa shape index (κ1) is 5.89. The molecule has 1 aromatic carbocycles. The van der Waals surface area contributed by atoms with E-state index in [0.29, 0.717) is 5.75 Å². The summed E-state index contributed by atoms with van der Waals surface area (Å²) in [6.45, 7) is 0. The molecule has 0 atom stereocenters. The molecular weight excluding hydrogens is 255 g/mol. The maximum atomic E-state index is 7.31. The summed E-state index contributed by atoms with van der Waals surface area (Å²) in [5.41, 5.74) is 0. The molecule has 0 N–H and O–H groups in total. The number of alkyl halides is 1. The van der Waals surface area contributed by atoms with Crippen LogP contribution in [0.15, 0.2) is 35.2 Å². The van der Waals surface area contributed by atoms with Gasteiger partial charge in [0.15, 0.2) is 0 Å². The maximum Gasteiger partial charge on any atom is 0.0386 e. The third-order valence-corrected chi connectivity index (χ3v) is 2.83. The highest BCUT2D eigenvalue weighted by Crippen LogP contribution is 2.16. The number of benzene rings is 1. The van der Waals surface area contributed by atoms with Gasteiger partial charge in [-0.05, 0) is 12.1 Å². The third-order valence-electron chi connectivity index (χ3n) is 1.04. The third kappa shape index (κ3) is 2.92. The Bertz CT molecular complexity index is 233. The molecule has 0 bridgehead atoms. The van der Waals surface area contributed by atoms with Crippen molar-refractivity contribution in [3.05, 3.63) is 30.3 Å². The Hall–Kier alpha value is 0.300. The van der Waals surface area contributed by atoms with Crippen molar-refractivity contribution in [2.45, 2.75) is 4.90 Å². The number of rotatable bonds is 3. The summed E-state index contributed by atoms with van der Waals surface area (Å²) >= 11 is 3.36. The fraction of sp³-hybridized carbons (Fsp3) is 0.250. The fourth-order valence-corrected chi connectivity index (χ4v) is 1.67. The fourth-order valence-electron chi connectivity index (χ4n) is 0.627. The SMILES string of the molecule is [2H]C([2H])(I)CSc1ccccc1. The van der Waals surface area contributed by atoms with Crippen LogP contribution < -0.4 is 0 Å². The molecule has 0 saturated heterocycles. The van der Waals surface area contributed by atoms with Gasteiger partial charge in [-0.3, -0.25) is 0 Å². The van der Waals surface area contributed by atoms with E-state index in [1.807, 2.05) is 52.9 Å². The van der Waals surface area contributed by atoms with Crippen LogP contribution in [0.4, 0.5) is 0 Å². The molecule has 0 aliphatic heterocycles. The van der Waals surface area contributed by atoms with Gasteiger partial charge in [0.2, 0.25) is 0 Å². The van der Waals surface area contributed by atoms with Gasteiger partial charge in [0, 0.05) is 17.8 Å². The van der Waals surface area contributed by atoms with Crippen molar-refractivity contribution in [1.82, 2.24) is 0 Å². The van der Waals surface area contributed by atoms with Gasteiger partial charge in [-0.2, -0.15) is 0 Å². The average Bonchev–Trinajstić information content (AvgIpc) is 2.02. The molecule has 0 heterocycles. The van der Waals surface area contributed by atoms with Crippen molar-refractivity contribution >= 4 is 34.4 Å². The predicted molar refractivity (Wildman–Crippen MR) is 56.1 cm³/mol. The van der Waals surface area contributed by atoms with Gasteiger partial charge in [0.25, 0.3) is 0 Å². The molecule has 0 saturated carbocycles. The van der Waals surface area contributed by atoms with Crippen LogP contribution >= 0.6 is 34.4 Å². The van der Waals surface area contributed by atoms with Crippen LogP contribution in [0.5, 0.6) is 0 Å². The second-order valence-corrected chi connectivity index (χ2v) is 3.55. The first-order valence-corrected chi connectivity index (χ1v) is 5.01. The Morgan fingerprint density at radius 3 is 2.70 bits per heavy atom. The maximum absolute atomic E-state index is 7.31. The highest BCUT2D eigenvalue weighted by Gasteiger charge is 1.88. The van der Waals surface area contributed by atoms with E-state index in [1.165, 1.54) is 0 Å². The van der Waals surface area contributed by atoms with E-state index in [2.05, 4.69) is 0 Å². The number of halogens is 1. The van der Waals surface area contributed by atoms with Crippen molar-refractivity contribution in [2.75, 3.05) is 10.1 Å². The van der Waals surface area contributed by atoms with E-state index in [9.17, 15) is 0 Å². The van der Waals surface area contributed by atoms with Crippen LogP contribution in [0.3, 0.4) is 0 Å². The van der Waals surface area contributed by atoms with Crippen LogP contribution in [0.25, 0.3) is 0 Å². The Labute approximate surface area is 82.4 Å².